The van der Waals surface area contributed by atoms with Gasteiger partial charge in [0.2, 0.25) is 5.89 Å². The Morgan fingerprint density at radius 2 is 1.75 bits per heavy atom. The second kappa shape index (κ2) is 14.2. The van der Waals surface area contributed by atoms with E-state index in [-0.39, 0.29) is 27.8 Å². The largest absolute Gasteiger partial charge is 0.497 e. The summed E-state index contributed by atoms with van der Waals surface area (Å²) in [7, 11) is -1.64. The van der Waals surface area contributed by atoms with Gasteiger partial charge in [0.25, 0.3) is 15.9 Å². The topological polar surface area (TPSA) is 129 Å². The van der Waals surface area contributed by atoms with Crippen molar-refractivity contribution in [2.45, 2.75) is 35.9 Å². The zero-order chi connectivity index (χ0) is 35.9. The number of methoxy groups -OCH3 is 2. The highest BCUT2D eigenvalue weighted by Crippen LogP contribution is 2.57. The molecule has 2 saturated heterocycles. The van der Waals surface area contributed by atoms with Crippen LogP contribution < -0.4 is 13.8 Å². The molecule has 4 aromatic rings. The second-order valence-corrected chi connectivity index (χ2v) is 15.0. The Labute approximate surface area is 301 Å². The van der Waals surface area contributed by atoms with Crippen LogP contribution in [0.5, 0.6) is 11.5 Å². The predicted molar refractivity (Wildman–Crippen MR) is 187 cm³/mol. The normalized spacial score (nSPS) is 21.7. The molecule has 51 heavy (non-hydrogen) atoms. The minimum Gasteiger partial charge on any atom is -0.497 e. The number of ether oxygens (including phenoxy) is 2. The number of carbonyl (C=O) groups excluding carboxylic acids is 1. The Kier molecular flexibility index (Phi) is 9.82. The molecule has 12 nitrogen and oxygen atoms in total. The molecular weight excluding hydrogens is 701 g/mol. The van der Waals surface area contributed by atoms with Gasteiger partial charge in [-0.15, -0.1) is 0 Å². The van der Waals surface area contributed by atoms with E-state index in [4.69, 9.17) is 25.5 Å². The number of rotatable bonds is 11. The van der Waals surface area contributed by atoms with Crippen LogP contribution in [0.1, 0.15) is 41.5 Å². The maximum atomic E-state index is 15.5. The number of aliphatic hydroxyl groups excluding tert-OH is 1. The number of hydrogen-bond acceptors (Lipinski definition) is 11. The number of sulfonamides is 1. The van der Waals surface area contributed by atoms with E-state index in [2.05, 4.69) is 14.8 Å². The third kappa shape index (κ3) is 6.07. The number of likely N-dealkylation sites (tertiary alicyclic amines) is 1. The van der Waals surface area contributed by atoms with Crippen molar-refractivity contribution in [1.29, 1.82) is 0 Å². The molecule has 0 radical (unpaired) electrons. The summed E-state index contributed by atoms with van der Waals surface area (Å²) in [6.45, 7) is 5.01. The van der Waals surface area contributed by atoms with Gasteiger partial charge in [-0.25, -0.2) is 22.1 Å². The third-order valence-electron chi connectivity index (χ3n) is 10.1. The minimum atomic E-state index is -4.61. The SMILES string of the molecule is COc1ccc(S(=O)(=O)N2C(=O)C(c3ccc(CN4CCN(CCO)CC4)cc3OC)(N3CCC[C@H]3c3ncco3)c3cc(Cl)c(F)cc32)cc1. The van der Waals surface area contributed by atoms with Gasteiger partial charge in [0.1, 0.15) is 23.6 Å². The van der Waals surface area contributed by atoms with Crippen LogP contribution >= 0.6 is 11.6 Å². The summed E-state index contributed by atoms with van der Waals surface area (Å²) in [6, 6.07) is 13.0. The number of β-amino-alcohol motifs (C(OH)–C–C–N with tert-alkyl or cyclic N) is 1. The molecule has 1 N–H and O–H groups in total. The van der Waals surface area contributed by atoms with Gasteiger partial charge < -0.3 is 19.0 Å². The van der Waals surface area contributed by atoms with Crippen molar-refractivity contribution in [1.82, 2.24) is 19.7 Å². The fraction of sp³-hybridized carbons (Fsp3) is 0.389. The summed E-state index contributed by atoms with van der Waals surface area (Å²) < 4.78 is 62.2. The summed E-state index contributed by atoms with van der Waals surface area (Å²) >= 11 is 6.48. The van der Waals surface area contributed by atoms with Gasteiger partial charge in [0.15, 0.2) is 5.54 Å². The zero-order valence-corrected chi connectivity index (χ0v) is 29.9. The van der Waals surface area contributed by atoms with Crippen molar-refractivity contribution in [3.05, 3.63) is 100 Å². The maximum Gasteiger partial charge on any atom is 0.271 e. The van der Waals surface area contributed by atoms with Gasteiger partial charge in [0, 0.05) is 63.0 Å². The number of carbonyl (C=O) groups is 1. The number of aromatic nitrogens is 1. The first kappa shape index (κ1) is 35.4. The highest BCUT2D eigenvalue weighted by molar-refractivity contribution is 7.93. The number of halogens is 2. The molecular formula is C36H39ClFN5O7S. The summed E-state index contributed by atoms with van der Waals surface area (Å²) in [5.74, 6) is -0.563. The van der Waals surface area contributed by atoms with Crippen molar-refractivity contribution >= 4 is 33.2 Å². The zero-order valence-electron chi connectivity index (χ0n) is 28.3. The monoisotopic (exact) mass is 739 g/mol. The molecule has 3 aliphatic heterocycles. The summed E-state index contributed by atoms with van der Waals surface area (Å²) in [4.78, 5) is 26.1. The number of aliphatic hydroxyl groups is 1. The Hall–Kier alpha value is -4.05. The number of amides is 1. The van der Waals surface area contributed by atoms with Crippen LogP contribution in [0.4, 0.5) is 10.1 Å². The Balaban J connectivity index is 1.40. The van der Waals surface area contributed by atoms with Crippen LogP contribution in [0, 0.1) is 5.82 Å². The molecule has 1 unspecified atom stereocenters. The first-order valence-corrected chi connectivity index (χ1v) is 18.6. The fourth-order valence-electron chi connectivity index (χ4n) is 7.68. The number of anilines is 1. The van der Waals surface area contributed by atoms with Crippen LogP contribution in [-0.2, 0) is 26.9 Å². The summed E-state index contributed by atoms with van der Waals surface area (Å²) in [5, 5.41) is 9.07. The van der Waals surface area contributed by atoms with E-state index in [1.807, 2.05) is 17.0 Å². The number of fused-ring (bicyclic) bond motifs is 1. The van der Waals surface area contributed by atoms with Gasteiger partial charge in [-0.1, -0.05) is 23.7 Å². The lowest BCUT2D eigenvalue weighted by Gasteiger charge is -2.41. The first-order chi connectivity index (χ1) is 24.6. The molecule has 7 rings (SSSR count). The predicted octanol–water partition coefficient (Wildman–Crippen LogP) is 4.41. The van der Waals surface area contributed by atoms with Gasteiger partial charge >= 0.3 is 0 Å². The third-order valence-corrected chi connectivity index (χ3v) is 12.1. The average Bonchev–Trinajstić information content (AvgIpc) is 3.89. The Bertz CT molecular complexity index is 2010. The second-order valence-electron chi connectivity index (χ2n) is 12.8. The molecule has 3 aromatic carbocycles. The Morgan fingerprint density at radius 3 is 2.41 bits per heavy atom. The molecule has 0 spiro atoms. The van der Waals surface area contributed by atoms with Crippen molar-refractivity contribution < 1.29 is 36.6 Å². The van der Waals surface area contributed by atoms with Crippen LogP contribution in [0.15, 0.2) is 76.4 Å². The van der Waals surface area contributed by atoms with E-state index in [0.717, 1.165) is 37.8 Å². The lowest BCUT2D eigenvalue weighted by Crippen LogP contribution is -2.54. The maximum absolute atomic E-state index is 15.5. The molecule has 2 fully saturated rings. The number of nitrogens with zero attached hydrogens (tertiary/aromatic N) is 5. The van der Waals surface area contributed by atoms with Crippen molar-refractivity contribution in [3.63, 3.8) is 0 Å². The number of piperazine rings is 1. The fourth-order valence-corrected chi connectivity index (χ4v) is 9.29. The molecule has 3 aliphatic rings. The molecule has 1 amide bonds. The molecule has 0 saturated carbocycles. The number of hydrogen-bond donors (Lipinski definition) is 1. The van der Waals surface area contributed by atoms with Crippen LogP contribution in [0.3, 0.4) is 0 Å². The number of benzene rings is 3. The van der Waals surface area contributed by atoms with E-state index in [0.29, 0.717) is 59.7 Å². The minimum absolute atomic E-state index is 0.118. The van der Waals surface area contributed by atoms with Gasteiger partial charge in [-0.05, 0) is 54.8 Å². The highest BCUT2D eigenvalue weighted by Gasteiger charge is 2.63. The van der Waals surface area contributed by atoms with E-state index in [1.54, 1.807) is 6.07 Å². The molecule has 0 bridgehead atoms. The number of oxazole rings is 1. The van der Waals surface area contributed by atoms with Crippen molar-refractivity contribution in [2.75, 3.05) is 64.4 Å². The first-order valence-electron chi connectivity index (χ1n) is 16.8. The van der Waals surface area contributed by atoms with Gasteiger partial charge in [-0.2, -0.15) is 0 Å². The van der Waals surface area contributed by atoms with Gasteiger partial charge in [0.05, 0.1) is 48.7 Å². The average molecular weight is 740 g/mol. The van der Waals surface area contributed by atoms with Crippen LogP contribution in [0.25, 0.3) is 0 Å². The van der Waals surface area contributed by atoms with E-state index in [9.17, 15) is 13.5 Å². The molecule has 270 valence electrons. The quantitative estimate of drug-likeness (QED) is 0.235. The molecule has 0 aliphatic carbocycles. The standard InChI is InChI=1S/C36H39ClFN5O7S/c1-48-25-6-8-26(9-7-25)51(46,47)43-32-22-30(38)29(37)21-28(32)36(35(43)45,42-12-3-4-31(42)34-39-11-19-50-34)27-10-5-24(20-33(27)49-2)23-41-15-13-40(14-16-41)17-18-44/h5-11,19-22,31,44H,3-4,12-18,23H2,1-2H3/t31-,36?/m0/s1. The van der Waals surface area contributed by atoms with Crippen LogP contribution in [0.2, 0.25) is 5.02 Å². The molecule has 4 heterocycles. The van der Waals surface area contributed by atoms with Crippen LogP contribution in [-0.4, -0.2) is 99.2 Å². The molecule has 2 atom stereocenters. The van der Waals surface area contributed by atoms with E-state index >= 15 is 9.18 Å². The summed E-state index contributed by atoms with van der Waals surface area (Å²) in [6.07, 6.45) is 4.18. The van der Waals surface area contributed by atoms with Gasteiger partial charge in [-0.3, -0.25) is 19.5 Å². The highest BCUT2D eigenvalue weighted by atomic mass is 35.5. The lowest BCUT2D eigenvalue weighted by atomic mass is 9.80. The lowest BCUT2D eigenvalue weighted by molar-refractivity contribution is -0.127. The smallest absolute Gasteiger partial charge is 0.271 e. The molecule has 15 heteroatoms. The van der Waals surface area contributed by atoms with E-state index < -0.39 is 33.3 Å². The molecule has 1 aromatic heterocycles. The van der Waals surface area contributed by atoms with Crippen molar-refractivity contribution in [3.8, 4) is 11.5 Å². The van der Waals surface area contributed by atoms with Crippen molar-refractivity contribution in [2.24, 2.45) is 0 Å². The van der Waals surface area contributed by atoms with E-state index in [1.165, 1.54) is 57.0 Å². The summed E-state index contributed by atoms with van der Waals surface area (Å²) in [5.41, 5.74) is -0.496. The Morgan fingerprint density at radius 1 is 1.00 bits per heavy atom.